The standard InChI is InChI=1S/C29H31N3O4S/c1-29(2,3)36-28(35)30-16-15-23-18-32(17-21-12-8-11-20-9-4-6-13-24(20)21)27(31-23)37-19-22-10-5-7-14-25(22)26(33)34/h4-14,18H,15-17,19H2,1-3H3,(H,30,35)(H,33,34). The number of ether oxygens (including phenoxy) is 1. The number of carboxylic acid groups (broad SMARTS) is 1. The SMILES string of the molecule is CC(C)(C)OC(=O)NCCc1cn(Cc2cccc3ccccc23)c(SCc2ccccc2C(=O)O)n1. The minimum Gasteiger partial charge on any atom is -0.478 e. The molecule has 192 valence electrons. The molecule has 0 fully saturated rings. The van der Waals surface area contributed by atoms with E-state index in [0.717, 1.165) is 16.4 Å². The summed E-state index contributed by atoms with van der Waals surface area (Å²) < 4.78 is 7.41. The van der Waals surface area contributed by atoms with Gasteiger partial charge in [0, 0.05) is 24.9 Å². The van der Waals surface area contributed by atoms with E-state index in [4.69, 9.17) is 9.72 Å². The van der Waals surface area contributed by atoms with E-state index in [9.17, 15) is 14.7 Å². The zero-order valence-corrected chi connectivity index (χ0v) is 22.0. The summed E-state index contributed by atoms with van der Waals surface area (Å²) in [5, 5.41) is 15.5. The first-order valence-corrected chi connectivity index (χ1v) is 13.1. The van der Waals surface area contributed by atoms with Crippen molar-refractivity contribution >= 4 is 34.6 Å². The maximum absolute atomic E-state index is 12.0. The van der Waals surface area contributed by atoms with Crippen molar-refractivity contribution in [1.29, 1.82) is 0 Å². The molecule has 4 aromatic rings. The van der Waals surface area contributed by atoms with E-state index < -0.39 is 17.7 Å². The van der Waals surface area contributed by atoms with Crippen LogP contribution in [0.15, 0.2) is 78.1 Å². The van der Waals surface area contributed by atoms with Gasteiger partial charge in [0.15, 0.2) is 5.16 Å². The Morgan fingerprint density at radius 3 is 2.49 bits per heavy atom. The van der Waals surface area contributed by atoms with Gasteiger partial charge >= 0.3 is 12.1 Å². The predicted octanol–water partition coefficient (Wildman–Crippen LogP) is 6.14. The highest BCUT2D eigenvalue weighted by molar-refractivity contribution is 7.98. The first-order chi connectivity index (χ1) is 17.7. The fraction of sp³-hybridized carbons (Fsp3) is 0.276. The van der Waals surface area contributed by atoms with Gasteiger partial charge in [-0.05, 0) is 48.7 Å². The van der Waals surface area contributed by atoms with Crippen molar-refractivity contribution < 1.29 is 19.4 Å². The molecular formula is C29H31N3O4S. The van der Waals surface area contributed by atoms with Crippen molar-refractivity contribution in [2.45, 2.75) is 50.2 Å². The lowest BCUT2D eigenvalue weighted by molar-refractivity contribution is 0.0527. The summed E-state index contributed by atoms with van der Waals surface area (Å²) in [5.41, 5.74) is 2.49. The monoisotopic (exact) mass is 517 g/mol. The Morgan fingerprint density at radius 1 is 1.00 bits per heavy atom. The average molecular weight is 518 g/mol. The zero-order valence-electron chi connectivity index (χ0n) is 21.2. The predicted molar refractivity (Wildman–Crippen MR) is 146 cm³/mol. The molecular weight excluding hydrogens is 486 g/mol. The number of nitrogens with one attached hydrogen (secondary N) is 1. The third-order valence-electron chi connectivity index (χ3n) is 5.66. The van der Waals surface area contributed by atoms with Gasteiger partial charge in [0.05, 0.1) is 17.8 Å². The molecule has 2 N–H and O–H groups in total. The third kappa shape index (κ3) is 7.13. The Bertz CT molecular complexity index is 1400. The number of aromatic carboxylic acids is 1. The van der Waals surface area contributed by atoms with Gasteiger partial charge in [0.2, 0.25) is 0 Å². The zero-order chi connectivity index (χ0) is 26.4. The number of hydrogen-bond donors (Lipinski definition) is 2. The Hall–Kier alpha value is -3.78. The number of hydrogen-bond acceptors (Lipinski definition) is 5. The number of benzene rings is 3. The summed E-state index contributed by atoms with van der Waals surface area (Å²) in [7, 11) is 0. The quantitative estimate of drug-likeness (QED) is 0.259. The number of thioether (sulfide) groups is 1. The summed E-state index contributed by atoms with van der Waals surface area (Å²) in [5.74, 6) is -0.464. The molecule has 7 nitrogen and oxygen atoms in total. The van der Waals surface area contributed by atoms with E-state index in [2.05, 4.69) is 40.2 Å². The average Bonchev–Trinajstić information content (AvgIpc) is 3.23. The minimum absolute atomic E-state index is 0.295. The van der Waals surface area contributed by atoms with E-state index in [-0.39, 0.29) is 0 Å². The maximum atomic E-state index is 12.0. The maximum Gasteiger partial charge on any atom is 0.407 e. The highest BCUT2D eigenvalue weighted by atomic mass is 32.2. The lowest BCUT2D eigenvalue weighted by atomic mass is 10.0. The number of carbonyl (C=O) groups is 2. The number of imidazole rings is 1. The molecule has 37 heavy (non-hydrogen) atoms. The highest BCUT2D eigenvalue weighted by Crippen LogP contribution is 2.27. The van der Waals surface area contributed by atoms with Gasteiger partial charge in [0.25, 0.3) is 0 Å². The van der Waals surface area contributed by atoms with Crippen molar-refractivity contribution in [3.63, 3.8) is 0 Å². The summed E-state index contributed by atoms with van der Waals surface area (Å²) in [4.78, 5) is 28.5. The summed E-state index contributed by atoms with van der Waals surface area (Å²) in [6.07, 6.45) is 2.09. The molecule has 0 atom stereocenters. The van der Waals surface area contributed by atoms with Crippen molar-refractivity contribution in [3.05, 3.63) is 95.3 Å². The number of rotatable bonds is 9. The number of nitrogens with zero attached hydrogens (tertiary/aromatic N) is 2. The third-order valence-corrected chi connectivity index (χ3v) is 6.70. The Kier molecular flexibility index (Phi) is 8.18. The van der Waals surface area contributed by atoms with Crippen LogP contribution in [0.2, 0.25) is 0 Å². The lowest BCUT2D eigenvalue weighted by Crippen LogP contribution is -2.33. The van der Waals surface area contributed by atoms with Crippen LogP contribution in [0.5, 0.6) is 0 Å². The van der Waals surface area contributed by atoms with Crippen molar-refractivity contribution in [2.24, 2.45) is 0 Å². The van der Waals surface area contributed by atoms with Gasteiger partial charge < -0.3 is 19.7 Å². The first-order valence-electron chi connectivity index (χ1n) is 12.1. The summed E-state index contributed by atoms with van der Waals surface area (Å²) >= 11 is 1.50. The summed E-state index contributed by atoms with van der Waals surface area (Å²) in [6.45, 7) is 6.50. The van der Waals surface area contributed by atoms with Crippen LogP contribution < -0.4 is 5.32 Å². The van der Waals surface area contributed by atoms with E-state index >= 15 is 0 Å². The Balaban J connectivity index is 1.55. The second-order valence-electron chi connectivity index (χ2n) is 9.71. The smallest absolute Gasteiger partial charge is 0.407 e. The molecule has 0 radical (unpaired) electrons. The van der Waals surface area contributed by atoms with Crippen molar-refractivity contribution in [1.82, 2.24) is 14.9 Å². The molecule has 0 aliphatic carbocycles. The molecule has 0 unspecified atom stereocenters. The normalized spacial score (nSPS) is 11.4. The van der Waals surface area contributed by atoms with Crippen molar-refractivity contribution in [3.8, 4) is 0 Å². The van der Waals surface area contributed by atoms with Crippen LogP contribution in [0.3, 0.4) is 0 Å². The molecule has 0 aliphatic heterocycles. The first kappa shape index (κ1) is 26.3. The van der Waals surface area contributed by atoms with Crippen LogP contribution in [-0.4, -0.2) is 38.9 Å². The van der Waals surface area contributed by atoms with Gasteiger partial charge in [-0.1, -0.05) is 72.4 Å². The minimum atomic E-state index is -0.941. The molecule has 0 bridgehead atoms. The topological polar surface area (TPSA) is 93.5 Å². The van der Waals surface area contributed by atoms with E-state index in [1.165, 1.54) is 28.1 Å². The Morgan fingerprint density at radius 2 is 1.70 bits per heavy atom. The highest BCUT2D eigenvalue weighted by Gasteiger charge is 2.17. The number of carbonyl (C=O) groups excluding carboxylic acids is 1. The number of carboxylic acids is 1. The fourth-order valence-corrected chi connectivity index (χ4v) is 5.02. The second-order valence-corrected chi connectivity index (χ2v) is 10.7. The second kappa shape index (κ2) is 11.5. The van der Waals surface area contributed by atoms with Gasteiger partial charge in [-0.25, -0.2) is 14.6 Å². The van der Waals surface area contributed by atoms with E-state index in [1.807, 2.05) is 51.2 Å². The van der Waals surface area contributed by atoms with Crippen LogP contribution in [0, 0.1) is 0 Å². The van der Waals surface area contributed by atoms with Crippen LogP contribution in [0.1, 0.15) is 48.0 Å². The molecule has 1 amide bonds. The van der Waals surface area contributed by atoms with Gasteiger partial charge in [0.1, 0.15) is 5.60 Å². The molecule has 8 heteroatoms. The molecule has 0 saturated carbocycles. The lowest BCUT2D eigenvalue weighted by Gasteiger charge is -2.19. The number of alkyl carbamates (subject to hydrolysis) is 1. The van der Waals surface area contributed by atoms with Crippen molar-refractivity contribution in [2.75, 3.05) is 6.54 Å². The molecule has 4 rings (SSSR count). The van der Waals surface area contributed by atoms with Gasteiger partial charge in [-0.15, -0.1) is 0 Å². The number of aromatic nitrogens is 2. The van der Waals surface area contributed by atoms with Gasteiger partial charge in [-0.2, -0.15) is 0 Å². The molecule has 1 heterocycles. The van der Waals surface area contributed by atoms with Crippen LogP contribution in [0.4, 0.5) is 4.79 Å². The summed E-state index contributed by atoms with van der Waals surface area (Å²) in [6, 6.07) is 21.6. The molecule has 0 spiro atoms. The molecule has 1 aromatic heterocycles. The van der Waals surface area contributed by atoms with Crippen LogP contribution in [-0.2, 0) is 23.5 Å². The Labute approximate surface area is 220 Å². The van der Waals surface area contributed by atoms with Gasteiger partial charge in [-0.3, -0.25) is 0 Å². The molecule has 0 aliphatic rings. The molecule has 3 aromatic carbocycles. The van der Waals surface area contributed by atoms with E-state index in [0.29, 0.717) is 30.8 Å². The largest absolute Gasteiger partial charge is 0.478 e. The molecule has 0 saturated heterocycles. The number of amides is 1. The van der Waals surface area contributed by atoms with Crippen LogP contribution in [0.25, 0.3) is 10.8 Å². The number of fused-ring (bicyclic) bond motifs is 1. The van der Waals surface area contributed by atoms with Crippen LogP contribution >= 0.6 is 11.8 Å². The fourth-order valence-electron chi connectivity index (χ4n) is 4.02. The van der Waals surface area contributed by atoms with E-state index in [1.54, 1.807) is 12.1 Å².